The predicted molar refractivity (Wildman–Crippen MR) is 42.1 cm³/mol. The van der Waals surface area contributed by atoms with Crippen LogP contribution in [-0.2, 0) is 4.79 Å². The summed E-state index contributed by atoms with van der Waals surface area (Å²) < 4.78 is 26.0. The minimum Gasteiger partial charge on any atom is -0.381 e. The molecule has 0 heterocycles. The summed E-state index contributed by atoms with van der Waals surface area (Å²) in [6, 6.07) is 2.26. The molecule has 1 atom stereocenters. The summed E-state index contributed by atoms with van der Waals surface area (Å²) >= 11 is 0. The van der Waals surface area contributed by atoms with E-state index >= 15 is 0 Å². The molecule has 0 bridgehead atoms. The van der Waals surface area contributed by atoms with Crippen LogP contribution in [0.1, 0.15) is 17.2 Å². The number of halogens is 2. The molecule has 0 saturated heterocycles. The van der Waals surface area contributed by atoms with Crippen molar-refractivity contribution in [1.82, 2.24) is 0 Å². The SMILES string of the molecule is Cc1ccc(F)c(C(O)C=O)c1F. The van der Waals surface area contributed by atoms with Gasteiger partial charge in [-0.2, -0.15) is 0 Å². The van der Waals surface area contributed by atoms with Crippen LogP contribution in [0.5, 0.6) is 0 Å². The maximum atomic E-state index is 13.1. The number of aliphatic hydroxyl groups is 1. The largest absolute Gasteiger partial charge is 0.381 e. The van der Waals surface area contributed by atoms with Crippen molar-refractivity contribution in [3.8, 4) is 0 Å². The van der Waals surface area contributed by atoms with Gasteiger partial charge in [0.2, 0.25) is 0 Å². The van der Waals surface area contributed by atoms with E-state index in [1.807, 2.05) is 0 Å². The molecular weight excluding hydrogens is 178 g/mol. The zero-order valence-corrected chi connectivity index (χ0v) is 6.92. The van der Waals surface area contributed by atoms with E-state index in [1.165, 1.54) is 13.0 Å². The molecule has 0 radical (unpaired) electrons. The quantitative estimate of drug-likeness (QED) is 0.711. The van der Waals surface area contributed by atoms with Crippen LogP contribution in [0.3, 0.4) is 0 Å². The number of benzene rings is 1. The zero-order chi connectivity index (χ0) is 10.0. The van der Waals surface area contributed by atoms with Crippen molar-refractivity contribution in [1.29, 1.82) is 0 Å². The van der Waals surface area contributed by atoms with Gasteiger partial charge >= 0.3 is 0 Å². The molecule has 1 rings (SSSR count). The van der Waals surface area contributed by atoms with Crippen molar-refractivity contribution in [2.45, 2.75) is 13.0 Å². The molecule has 0 aliphatic heterocycles. The molecule has 1 aromatic carbocycles. The number of aryl methyl sites for hydroxylation is 1. The monoisotopic (exact) mass is 186 g/mol. The Morgan fingerprint density at radius 3 is 2.62 bits per heavy atom. The van der Waals surface area contributed by atoms with Crippen molar-refractivity contribution in [3.63, 3.8) is 0 Å². The van der Waals surface area contributed by atoms with Crippen LogP contribution in [0.4, 0.5) is 8.78 Å². The van der Waals surface area contributed by atoms with E-state index in [-0.39, 0.29) is 11.8 Å². The summed E-state index contributed by atoms with van der Waals surface area (Å²) in [4.78, 5) is 10.1. The van der Waals surface area contributed by atoms with Crippen LogP contribution in [0, 0.1) is 18.6 Å². The Hall–Kier alpha value is -1.29. The Morgan fingerprint density at radius 1 is 1.46 bits per heavy atom. The molecule has 1 aromatic rings. The predicted octanol–water partition coefficient (Wildman–Crippen LogP) is 1.51. The van der Waals surface area contributed by atoms with Gasteiger partial charge in [0.25, 0.3) is 0 Å². The van der Waals surface area contributed by atoms with Crippen LogP contribution in [0.15, 0.2) is 12.1 Å². The summed E-state index contributed by atoms with van der Waals surface area (Å²) in [7, 11) is 0. The number of hydrogen-bond donors (Lipinski definition) is 1. The summed E-state index contributed by atoms with van der Waals surface area (Å²) in [5, 5.41) is 8.97. The Bertz CT molecular complexity index is 337. The number of carbonyl (C=O) groups is 1. The molecule has 2 nitrogen and oxygen atoms in total. The Labute approximate surface area is 73.8 Å². The van der Waals surface area contributed by atoms with Gasteiger partial charge in [0.05, 0.1) is 5.56 Å². The van der Waals surface area contributed by atoms with Crippen LogP contribution < -0.4 is 0 Å². The molecule has 0 fully saturated rings. The normalized spacial score (nSPS) is 12.6. The molecule has 13 heavy (non-hydrogen) atoms. The van der Waals surface area contributed by atoms with Crippen molar-refractivity contribution in [2.75, 3.05) is 0 Å². The van der Waals surface area contributed by atoms with Gasteiger partial charge < -0.3 is 9.90 Å². The lowest BCUT2D eigenvalue weighted by Gasteiger charge is -2.08. The molecule has 1 N–H and O–H groups in total. The first kappa shape index (κ1) is 9.80. The average Bonchev–Trinajstić information content (AvgIpc) is 2.12. The smallest absolute Gasteiger partial charge is 0.153 e. The highest BCUT2D eigenvalue weighted by Crippen LogP contribution is 2.21. The van der Waals surface area contributed by atoms with E-state index in [9.17, 15) is 13.6 Å². The van der Waals surface area contributed by atoms with Crippen LogP contribution in [0.2, 0.25) is 0 Å². The molecule has 0 amide bonds. The van der Waals surface area contributed by atoms with E-state index in [0.29, 0.717) is 0 Å². The van der Waals surface area contributed by atoms with E-state index in [4.69, 9.17) is 5.11 Å². The molecule has 70 valence electrons. The lowest BCUT2D eigenvalue weighted by atomic mass is 10.1. The molecule has 4 heteroatoms. The maximum absolute atomic E-state index is 13.1. The summed E-state index contributed by atoms with van der Waals surface area (Å²) in [6.07, 6.45) is -1.65. The molecule has 0 aliphatic carbocycles. The van der Waals surface area contributed by atoms with Crippen LogP contribution >= 0.6 is 0 Å². The second-order valence-electron chi connectivity index (χ2n) is 2.67. The van der Waals surface area contributed by atoms with Crippen molar-refractivity contribution in [3.05, 3.63) is 34.9 Å². The standard InChI is InChI=1S/C9H8F2O2/c1-5-2-3-6(10)8(9(5)11)7(13)4-12/h2-4,7,13H,1H3. The first-order chi connectivity index (χ1) is 6.07. The average molecular weight is 186 g/mol. The van der Waals surface area contributed by atoms with E-state index in [0.717, 1.165) is 6.07 Å². The highest BCUT2D eigenvalue weighted by molar-refractivity contribution is 5.60. The van der Waals surface area contributed by atoms with Gasteiger partial charge in [-0.1, -0.05) is 6.07 Å². The third-order valence-electron chi connectivity index (χ3n) is 1.74. The number of aldehydes is 1. The van der Waals surface area contributed by atoms with Gasteiger partial charge in [-0.05, 0) is 18.6 Å². The zero-order valence-electron chi connectivity index (χ0n) is 6.92. The van der Waals surface area contributed by atoms with Gasteiger partial charge in [0.1, 0.15) is 17.7 Å². The summed E-state index contributed by atoms with van der Waals surface area (Å²) in [5.74, 6) is -1.79. The Kier molecular flexibility index (Phi) is 2.72. The van der Waals surface area contributed by atoms with E-state index in [2.05, 4.69) is 0 Å². The van der Waals surface area contributed by atoms with Gasteiger partial charge in [0, 0.05) is 0 Å². The minimum atomic E-state index is -1.74. The summed E-state index contributed by atoms with van der Waals surface area (Å²) in [6.45, 7) is 1.43. The fourth-order valence-corrected chi connectivity index (χ4v) is 1.02. The van der Waals surface area contributed by atoms with Gasteiger partial charge in [0.15, 0.2) is 6.29 Å². The van der Waals surface area contributed by atoms with Crippen molar-refractivity contribution >= 4 is 6.29 Å². The lowest BCUT2D eigenvalue weighted by molar-refractivity contribution is -0.115. The third kappa shape index (κ3) is 1.72. The van der Waals surface area contributed by atoms with Crippen molar-refractivity contribution < 1.29 is 18.7 Å². The number of carbonyl (C=O) groups excluding carboxylic acids is 1. The topological polar surface area (TPSA) is 37.3 Å². The fourth-order valence-electron chi connectivity index (χ4n) is 1.02. The molecular formula is C9H8F2O2. The maximum Gasteiger partial charge on any atom is 0.153 e. The van der Waals surface area contributed by atoms with Gasteiger partial charge in [-0.15, -0.1) is 0 Å². The highest BCUT2D eigenvalue weighted by atomic mass is 19.1. The van der Waals surface area contributed by atoms with E-state index < -0.39 is 23.3 Å². The summed E-state index contributed by atoms with van der Waals surface area (Å²) in [5.41, 5.74) is -0.396. The molecule has 0 aromatic heterocycles. The second kappa shape index (κ2) is 3.62. The minimum absolute atomic E-state index is 0.0843. The fraction of sp³-hybridized carbons (Fsp3) is 0.222. The molecule has 1 unspecified atom stereocenters. The number of rotatable bonds is 2. The number of aliphatic hydroxyl groups excluding tert-OH is 1. The van der Waals surface area contributed by atoms with E-state index in [1.54, 1.807) is 0 Å². The highest BCUT2D eigenvalue weighted by Gasteiger charge is 2.18. The van der Waals surface area contributed by atoms with Crippen LogP contribution in [0.25, 0.3) is 0 Å². The Morgan fingerprint density at radius 2 is 2.08 bits per heavy atom. The molecule has 0 aliphatic rings. The number of hydrogen-bond acceptors (Lipinski definition) is 2. The van der Waals surface area contributed by atoms with Crippen LogP contribution in [-0.4, -0.2) is 11.4 Å². The van der Waals surface area contributed by atoms with Crippen molar-refractivity contribution in [2.24, 2.45) is 0 Å². The first-order valence-electron chi connectivity index (χ1n) is 3.65. The lowest BCUT2D eigenvalue weighted by Crippen LogP contribution is -2.06. The Balaban J connectivity index is 3.32. The van der Waals surface area contributed by atoms with Gasteiger partial charge in [-0.3, -0.25) is 0 Å². The molecule has 0 saturated carbocycles. The second-order valence-corrected chi connectivity index (χ2v) is 2.67. The molecule has 0 spiro atoms. The van der Waals surface area contributed by atoms with Gasteiger partial charge in [-0.25, -0.2) is 8.78 Å². The first-order valence-corrected chi connectivity index (χ1v) is 3.65. The third-order valence-corrected chi connectivity index (χ3v) is 1.74.